The van der Waals surface area contributed by atoms with E-state index in [-0.39, 0.29) is 6.04 Å². The van der Waals surface area contributed by atoms with Gasteiger partial charge in [0, 0.05) is 25.7 Å². The maximum atomic E-state index is 5.14. The van der Waals surface area contributed by atoms with Crippen molar-refractivity contribution >= 4 is 17.0 Å². The summed E-state index contributed by atoms with van der Waals surface area (Å²) in [6.45, 7) is 1.42. The van der Waals surface area contributed by atoms with Crippen LogP contribution in [-0.4, -0.2) is 43.4 Å². The van der Waals surface area contributed by atoms with Crippen LogP contribution in [0.2, 0.25) is 0 Å². The predicted molar refractivity (Wildman–Crippen MR) is 88.5 cm³/mol. The minimum Gasteiger partial charge on any atom is -0.383 e. The van der Waals surface area contributed by atoms with E-state index in [4.69, 9.17) is 9.84 Å². The number of nitrogens with zero attached hydrogens (tertiary/aromatic N) is 6. The molecule has 0 saturated heterocycles. The molecule has 4 rings (SSSR count). The van der Waals surface area contributed by atoms with Crippen molar-refractivity contribution in [2.75, 3.05) is 19.0 Å². The third-order valence-corrected chi connectivity index (χ3v) is 4.24. The van der Waals surface area contributed by atoms with E-state index in [2.05, 4.69) is 31.4 Å². The highest BCUT2D eigenvalue weighted by Gasteiger charge is 2.25. The smallest absolute Gasteiger partial charge is 0.183 e. The number of ether oxygens (including phenoxy) is 1. The van der Waals surface area contributed by atoms with Gasteiger partial charge in [0.15, 0.2) is 11.5 Å². The van der Waals surface area contributed by atoms with E-state index >= 15 is 0 Å². The van der Waals surface area contributed by atoms with Crippen molar-refractivity contribution < 1.29 is 4.74 Å². The number of aryl methyl sites for hydroxylation is 1. The lowest BCUT2D eigenvalue weighted by molar-refractivity contribution is 0.183. The monoisotopic (exact) mass is 325 g/mol. The third kappa shape index (κ3) is 2.80. The van der Waals surface area contributed by atoms with E-state index < -0.39 is 0 Å². The average molecular weight is 325 g/mol. The average Bonchev–Trinajstić information content (AvgIpc) is 3.04. The predicted octanol–water partition coefficient (Wildman–Crippen LogP) is 1.75. The first kappa shape index (κ1) is 14.9. The highest BCUT2D eigenvalue weighted by molar-refractivity contribution is 5.81. The maximum absolute atomic E-state index is 5.14. The molecule has 1 aliphatic rings. The van der Waals surface area contributed by atoms with Crippen molar-refractivity contribution in [2.24, 2.45) is 0 Å². The Kier molecular flexibility index (Phi) is 4.04. The zero-order valence-corrected chi connectivity index (χ0v) is 13.5. The first-order valence-corrected chi connectivity index (χ1v) is 8.08. The van der Waals surface area contributed by atoms with Crippen LogP contribution in [-0.2, 0) is 17.7 Å². The molecule has 0 saturated carbocycles. The summed E-state index contributed by atoms with van der Waals surface area (Å²) in [5, 5.41) is 8.23. The molecule has 1 atom stereocenters. The van der Waals surface area contributed by atoms with Crippen LogP contribution in [0.4, 0.5) is 5.82 Å². The molecular weight excluding hydrogens is 306 g/mol. The first-order chi connectivity index (χ1) is 11.8. The van der Waals surface area contributed by atoms with Crippen LogP contribution in [0.25, 0.3) is 11.2 Å². The molecule has 0 fully saturated rings. The number of nitrogens with one attached hydrogen (secondary N) is 1. The van der Waals surface area contributed by atoms with Crippen LogP contribution < -0.4 is 5.32 Å². The number of hydrogen-bond acceptors (Lipinski definition) is 7. The number of hydrogen-bond donors (Lipinski definition) is 1. The van der Waals surface area contributed by atoms with Gasteiger partial charge in [-0.15, -0.1) is 0 Å². The molecule has 0 amide bonds. The van der Waals surface area contributed by atoms with Crippen molar-refractivity contribution in [3.8, 4) is 0 Å². The minimum atomic E-state index is 0.123. The van der Waals surface area contributed by atoms with Gasteiger partial charge in [0.2, 0.25) is 0 Å². The first-order valence-electron chi connectivity index (χ1n) is 8.08. The SMILES string of the molecule is COCCn1cc2c(n1)C(Nc1ncnc3nccnc13)CCC2. The Labute approximate surface area is 139 Å². The van der Waals surface area contributed by atoms with Gasteiger partial charge in [0.25, 0.3) is 0 Å². The van der Waals surface area contributed by atoms with Crippen molar-refractivity contribution in [1.29, 1.82) is 0 Å². The molecule has 124 valence electrons. The Morgan fingerprint density at radius 3 is 3.08 bits per heavy atom. The molecule has 3 aromatic heterocycles. The number of rotatable bonds is 5. The van der Waals surface area contributed by atoms with Gasteiger partial charge in [0.1, 0.15) is 11.8 Å². The molecule has 0 spiro atoms. The largest absolute Gasteiger partial charge is 0.383 e. The van der Waals surface area contributed by atoms with E-state index in [1.165, 1.54) is 11.9 Å². The fraction of sp³-hybridized carbons (Fsp3) is 0.438. The molecule has 1 aliphatic carbocycles. The van der Waals surface area contributed by atoms with Gasteiger partial charge in [-0.3, -0.25) is 4.68 Å². The normalized spacial score (nSPS) is 17.0. The quantitative estimate of drug-likeness (QED) is 0.764. The number of fused-ring (bicyclic) bond motifs is 2. The van der Waals surface area contributed by atoms with Gasteiger partial charge in [-0.25, -0.2) is 19.9 Å². The van der Waals surface area contributed by atoms with Gasteiger partial charge in [-0.1, -0.05) is 0 Å². The summed E-state index contributed by atoms with van der Waals surface area (Å²) in [7, 11) is 1.70. The van der Waals surface area contributed by atoms with Crippen molar-refractivity contribution in [1.82, 2.24) is 29.7 Å². The lowest BCUT2D eigenvalue weighted by atomic mass is 9.94. The summed E-state index contributed by atoms with van der Waals surface area (Å²) in [4.78, 5) is 17.1. The molecule has 0 aliphatic heterocycles. The second-order valence-corrected chi connectivity index (χ2v) is 5.84. The summed E-state index contributed by atoms with van der Waals surface area (Å²) in [5.41, 5.74) is 3.66. The van der Waals surface area contributed by atoms with Crippen LogP contribution in [0.3, 0.4) is 0 Å². The molecule has 3 aromatic rings. The Morgan fingerprint density at radius 2 is 2.17 bits per heavy atom. The van der Waals surface area contributed by atoms with Crippen LogP contribution in [0.1, 0.15) is 30.1 Å². The number of aromatic nitrogens is 6. The van der Waals surface area contributed by atoms with Crippen molar-refractivity contribution in [2.45, 2.75) is 31.8 Å². The lowest BCUT2D eigenvalue weighted by Crippen LogP contribution is -2.18. The Bertz CT molecular complexity index is 842. The molecule has 0 aromatic carbocycles. The topological polar surface area (TPSA) is 90.6 Å². The zero-order chi connectivity index (χ0) is 16.4. The molecule has 0 radical (unpaired) electrons. The van der Waals surface area contributed by atoms with E-state index in [0.29, 0.717) is 23.6 Å². The van der Waals surface area contributed by atoms with Gasteiger partial charge in [-0.2, -0.15) is 5.10 Å². The van der Waals surface area contributed by atoms with Crippen molar-refractivity contribution in [3.05, 3.63) is 36.2 Å². The lowest BCUT2D eigenvalue weighted by Gasteiger charge is -2.22. The number of methoxy groups -OCH3 is 1. The molecule has 1 N–H and O–H groups in total. The minimum absolute atomic E-state index is 0.123. The van der Waals surface area contributed by atoms with E-state index in [1.54, 1.807) is 19.5 Å². The highest BCUT2D eigenvalue weighted by Crippen LogP contribution is 2.32. The molecular formula is C16H19N7O. The zero-order valence-electron chi connectivity index (χ0n) is 13.5. The van der Waals surface area contributed by atoms with Crippen LogP contribution >= 0.6 is 0 Å². The van der Waals surface area contributed by atoms with Gasteiger partial charge in [-0.05, 0) is 24.8 Å². The Hall–Kier alpha value is -2.61. The summed E-state index contributed by atoms with van der Waals surface area (Å²) >= 11 is 0. The second-order valence-electron chi connectivity index (χ2n) is 5.84. The maximum Gasteiger partial charge on any atom is 0.183 e. The highest BCUT2D eigenvalue weighted by atomic mass is 16.5. The van der Waals surface area contributed by atoms with Crippen LogP contribution in [0.5, 0.6) is 0 Å². The Morgan fingerprint density at radius 1 is 1.25 bits per heavy atom. The molecule has 3 heterocycles. The molecule has 8 nitrogen and oxygen atoms in total. The molecule has 24 heavy (non-hydrogen) atoms. The standard InChI is InChI=1S/C16H19N7O/c1-24-8-7-23-9-11-3-2-4-12(13(11)22-23)21-16-14-15(19-10-20-16)18-6-5-17-14/h5-6,9-10,12H,2-4,7-8H2,1H3,(H,18,19,20,21). The van der Waals surface area contributed by atoms with Gasteiger partial charge >= 0.3 is 0 Å². The summed E-state index contributed by atoms with van der Waals surface area (Å²) in [6, 6.07) is 0.123. The second kappa shape index (κ2) is 6.48. The van der Waals surface area contributed by atoms with Gasteiger partial charge in [0.05, 0.1) is 24.9 Å². The third-order valence-electron chi connectivity index (χ3n) is 4.24. The molecule has 8 heteroatoms. The summed E-state index contributed by atoms with van der Waals surface area (Å²) in [6.07, 6.45) is 10.1. The molecule has 0 bridgehead atoms. The fourth-order valence-corrected chi connectivity index (χ4v) is 3.10. The van der Waals surface area contributed by atoms with Gasteiger partial charge < -0.3 is 10.1 Å². The Balaban J connectivity index is 1.63. The van der Waals surface area contributed by atoms with E-state index in [1.807, 2.05) is 4.68 Å². The summed E-state index contributed by atoms with van der Waals surface area (Å²) < 4.78 is 7.10. The molecule has 1 unspecified atom stereocenters. The van der Waals surface area contributed by atoms with Crippen molar-refractivity contribution in [3.63, 3.8) is 0 Å². The van der Waals surface area contributed by atoms with E-state index in [0.717, 1.165) is 31.5 Å². The summed E-state index contributed by atoms with van der Waals surface area (Å²) in [5.74, 6) is 0.706. The fourth-order valence-electron chi connectivity index (χ4n) is 3.10. The number of anilines is 1. The van der Waals surface area contributed by atoms with Crippen LogP contribution in [0, 0.1) is 0 Å². The van der Waals surface area contributed by atoms with Crippen LogP contribution in [0.15, 0.2) is 24.9 Å². The van der Waals surface area contributed by atoms with E-state index in [9.17, 15) is 0 Å².